The number of piperidine rings is 1. The van der Waals surface area contributed by atoms with Crippen LogP contribution >= 0.6 is 27.3 Å². The number of amides is 2. The Bertz CT molecular complexity index is 453. The van der Waals surface area contributed by atoms with Gasteiger partial charge in [0.2, 0.25) is 11.8 Å². The smallest absolute Gasteiger partial charge is 0.227 e. The summed E-state index contributed by atoms with van der Waals surface area (Å²) in [6, 6.07) is 3.91. The van der Waals surface area contributed by atoms with Crippen LogP contribution in [-0.4, -0.2) is 29.8 Å². The number of carbonyl (C=O) groups is 2. The molecular weight excluding hydrogens is 316 g/mol. The molecule has 2 rings (SSSR count). The van der Waals surface area contributed by atoms with Gasteiger partial charge in [-0.2, -0.15) is 0 Å². The third-order valence-electron chi connectivity index (χ3n) is 3.20. The standard InChI is InChI=1S/C12H15BrN2O2S/c13-10-2-1-9(18-10)7-11(16)15-5-3-8(4-6-15)12(14)17/h1-2,8H,3-7H2,(H2,14,17). The molecule has 1 fully saturated rings. The zero-order valence-corrected chi connectivity index (χ0v) is 12.3. The summed E-state index contributed by atoms with van der Waals surface area (Å²) < 4.78 is 1.04. The number of rotatable bonds is 3. The van der Waals surface area contributed by atoms with Crippen molar-refractivity contribution in [1.29, 1.82) is 0 Å². The molecule has 2 N–H and O–H groups in total. The number of hydrogen-bond acceptors (Lipinski definition) is 3. The maximum atomic E-state index is 12.1. The minimum absolute atomic E-state index is 0.0649. The Morgan fingerprint density at radius 3 is 2.56 bits per heavy atom. The summed E-state index contributed by atoms with van der Waals surface area (Å²) in [5.74, 6) is -0.179. The van der Waals surface area contributed by atoms with Gasteiger partial charge in [-0.05, 0) is 40.9 Å². The molecule has 1 aliphatic heterocycles. The van der Waals surface area contributed by atoms with Gasteiger partial charge in [-0.25, -0.2) is 0 Å². The summed E-state index contributed by atoms with van der Waals surface area (Å²) in [4.78, 5) is 26.0. The summed E-state index contributed by atoms with van der Waals surface area (Å²) in [5.41, 5.74) is 5.27. The molecule has 4 nitrogen and oxygen atoms in total. The molecule has 1 aromatic heterocycles. The lowest BCUT2D eigenvalue weighted by molar-refractivity contribution is -0.134. The molecule has 1 aliphatic rings. The molecule has 0 aromatic carbocycles. The van der Waals surface area contributed by atoms with Crippen LogP contribution in [0.2, 0.25) is 0 Å². The van der Waals surface area contributed by atoms with Gasteiger partial charge in [-0.3, -0.25) is 9.59 Å². The number of nitrogens with zero attached hydrogens (tertiary/aromatic N) is 1. The van der Waals surface area contributed by atoms with E-state index < -0.39 is 0 Å². The Balaban J connectivity index is 1.86. The summed E-state index contributed by atoms with van der Waals surface area (Å²) in [5, 5.41) is 0. The second-order valence-electron chi connectivity index (χ2n) is 4.44. The molecule has 0 atom stereocenters. The van der Waals surface area contributed by atoms with E-state index in [1.165, 1.54) is 0 Å². The highest BCUT2D eigenvalue weighted by molar-refractivity contribution is 9.11. The van der Waals surface area contributed by atoms with E-state index in [-0.39, 0.29) is 17.7 Å². The number of halogens is 1. The summed E-state index contributed by atoms with van der Waals surface area (Å²) in [6.07, 6.45) is 1.82. The van der Waals surface area contributed by atoms with Crippen LogP contribution in [0, 0.1) is 5.92 Å². The van der Waals surface area contributed by atoms with Crippen LogP contribution in [0.5, 0.6) is 0 Å². The minimum atomic E-state index is -0.246. The van der Waals surface area contributed by atoms with Crippen molar-refractivity contribution in [3.05, 3.63) is 20.8 Å². The number of likely N-dealkylation sites (tertiary alicyclic amines) is 1. The highest BCUT2D eigenvalue weighted by atomic mass is 79.9. The minimum Gasteiger partial charge on any atom is -0.369 e. The lowest BCUT2D eigenvalue weighted by Gasteiger charge is -2.30. The van der Waals surface area contributed by atoms with Crippen LogP contribution in [0.3, 0.4) is 0 Å². The van der Waals surface area contributed by atoms with Gasteiger partial charge in [0.05, 0.1) is 10.2 Å². The van der Waals surface area contributed by atoms with Gasteiger partial charge in [0.15, 0.2) is 0 Å². The van der Waals surface area contributed by atoms with E-state index in [9.17, 15) is 9.59 Å². The highest BCUT2D eigenvalue weighted by Gasteiger charge is 2.25. The Morgan fingerprint density at radius 1 is 1.39 bits per heavy atom. The number of primary amides is 1. The van der Waals surface area contributed by atoms with Crippen molar-refractivity contribution >= 4 is 39.1 Å². The van der Waals surface area contributed by atoms with Crippen molar-refractivity contribution in [1.82, 2.24) is 4.90 Å². The summed E-state index contributed by atoms with van der Waals surface area (Å²) in [6.45, 7) is 1.28. The third kappa shape index (κ3) is 3.32. The van der Waals surface area contributed by atoms with Crippen molar-refractivity contribution in [3.8, 4) is 0 Å². The first-order chi connectivity index (χ1) is 8.56. The second-order valence-corrected chi connectivity index (χ2v) is 6.99. The van der Waals surface area contributed by atoms with Crippen LogP contribution < -0.4 is 5.73 Å². The van der Waals surface area contributed by atoms with E-state index in [0.29, 0.717) is 32.4 Å². The van der Waals surface area contributed by atoms with Crippen LogP contribution in [0.25, 0.3) is 0 Å². The molecule has 98 valence electrons. The molecule has 1 saturated heterocycles. The van der Waals surface area contributed by atoms with Crippen molar-refractivity contribution in [2.75, 3.05) is 13.1 Å². The monoisotopic (exact) mass is 330 g/mol. The van der Waals surface area contributed by atoms with E-state index >= 15 is 0 Å². The van der Waals surface area contributed by atoms with Crippen molar-refractivity contribution in [2.45, 2.75) is 19.3 Å². The maximum Gasteiger partial charge on any atom is 0.227 e. The lowest BCUT2D eigenvalue weighted by atomic mass is 9.96. The van der Waals surface area contributed by atoms with Gasteiger partial charge in [0.1, 0.15) is 0 Å². The molecule has 18 heavy (non-hydrogen) atoms. The lowest BCUT2D eigenvalue weighted by Crippen LogP contribution is -2.42. The summed E-state index contributed by atoms with van der Waals surface area (Å²) >= 11 is 4.96. The fourth-order valence-electron chi connectivity index (χ4n) is 2.12. The SMILES string of the molecule is NC(=O)C1CCN(C(=O)Cc2ccc(Br)s2)CC1. The van der Waals surface area contributed by atoms with Crippen LogP contribution in [0.1, 0.15) is 17.7 Å². The fraction of sp³-hybridized carbons (Fsp3) is 0.500. The second kappa shape index (κ2) is 5.84. The van der Waals surface area contributed by atoms with Crippen LogP contribution in [0.15, 0.2) is 15.9 Å². The average Bonchev–Trinajstić information content (AvgIpc) is 2.75. The Labute approximate surface area is 118 Å². The summed E-state index contributed by atoms with van der Waals surface area (Å²) in [7, 11) is 0. The van der Waals surface area contributed by atoms with Gasteiger partial charge in [0, 0.05) is 23.9 Å². The number of carbonyl (C=O) groups excluding carboxylic acids is 2. The first kappa shape index (κ1) is 13.5. The van der Waals surface area contributed by atoms with Crippen molar-refractivity contribution < 1.29 is 9.59 Å². The quantitative estimate of drug-likeness (QED) is 0.918. The van der Waals surface area contributed by atoms with E-state index in [1.807, 2.05) is 17.0 Å². The first-order valence-electron chi connectivity index (χ1n) is 5.87. The van der Waals surface area contributed by atoms with Crippen LogP contribution in [0.4, 0.5) is 0 Å². The molecule has 0 radical (unpaired) electrons. The largest absolute Gasteiger partial charge is 0.369 e. The topological polar surface area (TPSA) is 63.4 Å². The van der Waals surface area contributed by atoms with E-state index in [2.05, 4.69) is 15.9 Å². The number of hydrogen-bond donors (Lipinski definition) is 1. The Kier molecular flexibility index (Phi) is 4.40. The fourth-order valence-corrected chi connectivity index (χ4v) is 3.60. The molecule has 0 spiro atoms. The van der Waals surface area contributed by atoms with E-state index in [0.717, 1.165) is 8.66 Å². The number of nitrogens with two attached hydrogens (primary N) is 1. The van der Waals surface area contributed by atoms with Crippen molar-refractivity contribution in [2.24, 2.45) is 11.7 Å². The van der Waals surface area contributed by atoms with Gasteiger partial charge in [-0.1, -0.05) is 0 Å². The van der Waals surface area contributed by atoms with E-state index in [1.54, 1.807) is 11.3 Å². The van der Waals surface area contributed by atoms with Gasteiger partial charge in [-0.15, -0.1) is 11.3 Å². The molecule has 0 bridgehead atoms. The Hall–Kier alpha value is -0.880. The molecule has 6 heteroatoms. The molecule has 2 amide bonds. The number of thiophene rings is 1. The van der Waals surface area contributed by atoms with Crippen molar-refractivity contribution in [3.63, 3.8) is 0 Å². The molecule has 1 aromatic rings. The molecule has 2 heterocycles. The van der Waals surface area contributed by atoms with Gasteiger partial charge >= 0.3 is 0 Å². The zero-order chi connectivity index (χ0) is 13.1. The normalized spacial score (nSPS) is 16.8. The molecule has 0 aliphatic carbocycles. The first-order valence-corrected chi connectivity index (χ1v) is 7.48. The predicted octanol–water partition coefficient (Wildman–Crippen LogP) is 1.78. The average molecular weight is 331 g/mol. The van der Waals surface area contributed by atoms with E-state index in [4.69, 9.17) is 5.73 Å². The zero-order valence-electron chi connectivity index (χ0n) is 9.89. The molecule has 0 unspecified atom stereocenters. The van der Waals surface area contributed by atoms with Gasteiger partial charge in [0.25, 0.3) is 0 Å². The highest BCUT2D eigenvalue weighted by Crippen LogP contribution is 2.24. The predicted molar refractivity (Wildman–Crippen MR) is 74.2 cm³/mol. The molecule has 0 saturated carbocycles. The maximum absolute atomic E-state index is 12.1. The molecular formula is C12H15BrN2O2S. The van der Waals surface area contributed by atoms with Gasteiger partial charge < -0.3 is 10.6 Å². The third-order valence-corrected chi connectivity index (χ3v) is 4.83. The van der Waals surface area contributed by atoms with Crippen LogP contribution in [-0.2, 0) is 16.0 Å². The Morgan fingerprint density at radius 2 is 2.06 bits per heavy atom.